The molecular formula is C15H22N2O4. The molecule has 1 rings (SSSR count). The molecule has 0 heterocycles. The Bertz CT molecular complexity index is 445. The van der Waals surface area contributed by atoms with Crippen molar-refractivity contribution in [2.75, 3.05) is 25.6 Å². The predicted molar refractivity (Wildman–Crippen MR) is 80.5 cm³/mol. The molecule has 3 N–H and O–H groups in total. The van der Waals surface area contributed by atoms with Crippen LogP contribution in [-0.2, 0) is 16.0 Å². The molecule has 0 bridgehead atoms. The van der Waals surface area contributed by atoms with Crippen LogP contribution in [0.1, 0.15) is 24.8 Å². The standard InChI is InChI=1S/C15H22N2O4/c1-21-11-3-2-10-16-15(20)17-13-7-4-12(5-8-13)6-9-14(18)19/h4-5,7-8H,2-3,6,9-11H2,1H3,(H,18,19)(H2,16,17,20). The zero-order chi connectivity index (χ0) is 15.5. The van der Waals surface area contributed by atoms with Crippen LogP contribution in [0.3, 0.4) is 0 Å². The first kappa shape index (κ1) is 17.0. The molecule has 0 saturated carbocycles. The monoisotopic (exact) mass is 294 g/mol. The number of carbonyl (C=O) groups excluding carboxylic acids is 1. The summed E-state index contributed by atoms with van der Waals surface area (Å²) in [5.41, 5.74) is 1.62. The highest BCUT2D eigenvalue weighted by Crippen LogP contribution is 2.11. The van der Waals surface area contributed by atoms with Crippen molar-refractivity contribution in [2.24, 2.45) is 0 Å². The Balaban J connectivity index is 2.27. The van der Waals surface area contributed by atoms with Crippen LogP contribution >= 0.6 is 0 Å². The number of benzene rings is 1. The topological polar surface area (TPSA) is 87.7 Å². The number of carboxylic acids is 1. The number of carboxylic acid groups (broad SMARTS) is 1. The van der Waals surface area contributed by atoms with Crippen molar-refractivity contribution in [3.8, 4) is 0 Å². The van der Waals surface area contributed by atoms with Crippen LogP contribution in [0.15, 0.2) is 24.3 Å². The minimum atomic E-state index is -0.815. The van der Waals surface area contributed by atoms with Crippen molar-refractivity contribution < 1.29 is 19.4 Å². The molecule has 116 valence electrons. The summed E-state index contributed by atoms with van der Waals surface area (Å²) < 4.78 is 4.93. The van der Waals surface area contributed by atoms with E-state index >= 15 is 0 Å². The van der Waals surface area contributed by atoms with Gasteiger partial charge >= 0.3 is 12.0 Å². The van der Waals surface area contributed by atoms with Gasteiger partial charge in [-0.2, -0.15) is 0 Å². The minimum absolute atomic E-state index is 0.106. The number of aliphatic carboxylic acids is 1. The van der Waals surface area contributed by atoms with Crippen LogP contribution < -0.4 is 10.6 Å². The fraction of sp³-hybridized carbons (Fsp3) is 0.467. The fourth-order valence-electron chi connectivity index (χ4n) is 1.75. The molecule has 6 nitrogen and oxygen atoms in total. The molecule has 0 atom stereocenters. The number of nitrogens with one attached hydrogen (secondary N) is 2. The molecule has 6 heteroatoms. The van der Waals surface area contributed by atoms with Crippen molar-refractivity contribution in [1.82, 2.24) is 5.32 Å². The Labute approximate surface area is 124 Å². The first-order valence-corrected chi connectivity index (χ1v) is 6.96. The van der Waals surface area contributed by atoms with Gasteiger partial charge in [-0.25, -0.2) is 4.79 Å². The summed E-state index contributed by atoms with van der Waals surface area (Å²) in [6.07, 6.45) is 2.38. The molecule has 0 fully saturated rings. The van der Waals surface area contributed by atoms with Gasteiger partial charge in [-0.05, 0) is 37.0 Å². The number of ether oxygens (including phenoxy) is 1. The minimum Gasteiger partial charge on any atom is -0.481 e. The highest BCUT2D eigenvalue weighted by molar-refractivity contribution is 5.89. The number of hydrogen-bond donors (Lipinski definition) is 3. The van der Waals surface area contributed by atoms with Crippen LogP contribution in [0.5, 0.6) is 0 Å². The lowest BCUT2D eigenvalue weighted by molar-refractivity contribution is -0.136. The van der Waals surface area contributed by atoms with Gasteiger partial charge in [-0.1, -0.05) is 12.1 Å². The summed E-state index contributed by atoms with van der Waals surface area (Å²) in [5.74, 6) is -0.815. The quantitative estimate of drug-likeness (QED) is 0.610. The predicted octanol–water partition coefficient (Wildman–Crippen LogP) is 2.25. The Morgan fingerprint density at radius 2 is 1.90 bits per heavy atom. The van der Waals surface area contributed by atoms with Crippen LogP contribution in [0.2, 0.25) is 0 Å². The third-order valence-electron chi connectivity index (χ3n) is 2.90. The number of amides is 2. The van der Waals surface area contributed by atoms with Crippen LogP contribution in [0.4, 0.5) is 10.5 Å². The number of carbonyl (C=O) groups is 2. The number of rotatable bonds is 9. The Kier molecular flexibility index (Phi) is 7.89. The lowest BCUT2D eigenvalue weighted by Gasteiger charge is -2.08. The van der Waals surface area contributed by atoms with Gasteiger partial charge in [0.2, 0.25) is 0 Å². The number of hydrogen-bond acceptors (Lipinski definition) is 3. The molecule has 0 aliphatic rings. The van der Waals surface area contributed by atoms with Crippen LogP contribution in [-0.4, -0.2) is 37.4 Å². The van der Waals surface area contributed by atoms with Gasteiger partial charge in [0.15, 0.2) is 0 Å². The van der Waals surface area contributed by atoms with Gasteiger partial charge in [-0.15, -0.1) is 0 Å². The van der Waals surface area contributed by atoms with Crippen LogP contribution in [0, 0.1) is 0 Å². The largest absolute Gasteiger partial charge is 0.481 e. The zero-order valence-electron chi connectivity index (χ0n) is 12.2. The van der Waals surface area contributed by atoms with Gasteiger partial charge in [0.05, 0.1) is 0 Å². The number of unbranched alkanes of at least 4 members (excludes halogenated alkanes) is 1. The SMILES string of the molecule is COCCCCNC(=O)Nc1ccc(CCC(=O)O)cc1. The third kappa shape index (κ3) is 7.94. The number of aryl methyl sites for hydroxylation is 1. The Morgan fingerprint density at radius 3 is 2.52 bits per heavy atom. The molecule has 0 aliphatic heterocycles. The molecule has 2 amide bonds. The van der Waals surface area contributed by atoms with E-state index in [1.807, 2.05) is 12.1 Å². The maximum absolute atomic E-state index is 11.6. The first-order chi connectivity index (χ1) is 10.1. The summed E-state index contributed by atoms with van der Waals surface area (Å²) in [5, 5.41) is 14.1. The zero-order valence-corrected chi connectivity index (χ0v) is 12.2. The Morgan fingerprint density at radius 1 is 1.19 bits per heavy atom. The molecule has 1 aromatic rings. The third-order valence-corrected chi connectivity index (χ3v) is 2.90. The fourth-order valence-corrected chi connectivity index (χ4v) is 1.75. The Hall–Kier alpha value is -2.08. The average Bonchev–Trinajstić information content (AvgIpc) is 2.46. The van der Waals surface area contributed by atoms with E-state index in [1.54, 1.807) is 19.2 Å². The van der Waals surface area contributed by atoms with Crippen molar-refractivity contribution >= 4 is 17.7 Å². The number of urea groups is 1. The van der Waals surface area contributed by atoms with Crippen molar-refractivity contribution in [3.05, 3.63) is 29.8 Å². The van der Waals surface area contributed by atoms with Crippen LogP contribution in [0.25, 0.3) is 0 Å². The van der Waals surface area contributed by atoms with Gasteiger partial charge in [0.1, 0.15) is 0 Å². The van der Waals surface area contributed by atoms with Gasteiger partial charge in [0, 0.05) is 32.4 Å². The van der Waals surface area contributed by atoms with E-state index in [2.05, 4.69) is 10.6 Å². The van der Waals surface area contributed by atoms with E-state index in [4.69, 9.17) is 9.84 Å². The highest BCUT2D eigenvalue weighted by Gasteiger charge is 2.02. The van der Waals surface area contributed by atoms with Crippen molar-refractivity contribution in [2.45, 2.75) is 25.7 Å². The summed E-state index contributed by atoms with van der Waals surface area (Å²) in [7, 11) is 1.65. The molecular weight excluding hydrogens is 272 g/mol. The molecule has 0 saturated heterocycles. The molecule has 0 spiro atoms. The second-order valence-electron chi connectivity index (χ2n) is 4.67. The van der Waals surface area contributed by atoms with E-state index < -0.39 is 5.97 Å². The van der Waals surface area contributed by atoms with Crippen molar-refractivity contribution in [3.63, 3.8) is 0 Å². The van der Waals surface area contributed by atoms with E-state index in [9.17, 15) is 9.59 Å². The van der Waals surface area contributed by atoms with Gasteiger partial charge in [0.25, 0.3) is 0 Å². The summed E-state index contributed by atoms with van der Waals surface area (Å²) in [6.45, 7) is 1.30. The van der Waals surface area contributed by atoms with E-state index in [-0.39, 0.29) is 12.5 Å². The van der Waals surface area contributed by atoms with Crippen molar-refractivity contribution in [1.29, 1.82) is 0 Å². The second kappa shape index (κ2) is 9.77. The lowest BCUT2D eigenvalue weighted by Crippen LogP contribution is -2.29. The first-order valence-electron chi connectivity index (χ1n) is 6.96. The molecule has 0 unspecified atom stereocenters. The molecule has 0 aromatic heterocycles. The normalized spacial score (nSPS) is 10.1. The number of methoxy groups -OCH3 is 1. The number of anilines is 1. The van der Waals surface area contributed by atoms with Gasteiger partial charge in [-0.3, -0.25) is 4.79 Å². The maximum Gasteiger partial charge on any atom is 0.319 e. The maximum atomic E-state index is 11.6. The highest BCUT2D eigenvalue weighted by atomic mass is 16.5. The molecule has 0 aliphatic carbocycles. The summed E-state index contributed by atoms with van der Waals surface area (Å²) in [4.78, 5) is 22.1. The van der Waals surface area contributed by atoms with E-state index in [0.29, 0.717) is 25.3 Å². The second-order valence-corrected chi connectivity index (χ2v) is 4.67. The molecule has 21 heavy (non-hydrogen) atoms. The average molecular weight is 294 g/mol. The summed E-state index contributed by atoms with van der Waals surface area (Å²) in [6, 6.07) is 6.92. The lowest BCUT2D eigenvalue weighted by atomic mass is 10.1. The molecule has 1 aromatic carbocycles. The smallest absolute Gasteiger partial charge is 0.319 e. The van der Waals surface area contributed by atoms with Gasteiger partial charge < -0.3 is 20.5 Å². The molecule has 0 radical (unpaired) electrons. The van der Waals surface area contributed by atoms with E-state index in [0.717, 1.165) is 18.4 Å². The summed E-state index contributed by atoms with van der Waals surface area (Å²) >= 11 is 0. The van der Waals surface area contributed by atoms with E-state index in [1.165, 1.54) is 0 Å².